The molecule has 1 aromatic carbocycles. The Balaban J connectivity index is 2.25. The predicted octanol–water partition coefficient (Wildman–Crippen LogP) is 2.05. The van der Waals surface area contributed by atoms with E-state index in [1.807, 2.05) is 6.07 Å². The Kier molecular flexibility index (Phi) is 5.86. The number of hydrogen-bond acceptors (Lipinski definition) is 5. The molecule has 1 aromatic rings. The van der Waals surface area contributed by atoms with Gasteiger partial charge in [-0.1, -0.05) is 25.0 Å². The van der Waals surface area contributed by atoms with E-state index in [1.165, 1.54) is 0 Å². The molecule has 0 bridgehead atoms. The number of benzene rings is 1. The monoisotopic (exact) mass is 352 g/mol. The van der Waals surface area contributed by atoms with Gasteiger partial charge in [0.15, 0.2) is 6.61 Å². The van der Waals surface area contributed by atoms with Crippen LogP contribution >= 0.6 is 0 Å². The topological polar surface area (TPSA) is 99.4 Å². The van der Waals surface area contributed by atoms with Gasteiger partial charge >= 0.3 is 0 Å². The van der Waals surface area contributed by atoms with Gasteiger partial charge in [-0.15, -0.1) is 0 Å². The Bertz CT molecular complexity index is 694. The molecule has 2 N–H and O–H groups in total. The van der Waals surface area contributed by atoms with E-state index in [0.717, 1.165) is 12.8 Å². The molecule has 0 aliphatic heterocycles. The molecule has 7 heteroatoms. The van der Waals surface area contributed by atoms with E-state index in [4.69, 9.17) is 10.00 Å². The van der Waals surface area contributed by atoms with Crippen LogP contribution < -0.4 is 9.46 Å². The normalized spacial score (nSPS) is 24.5. The molecule has 0 aromatic heterocycles. The van der Waals surface area contributed by atoms with Crippen LogP contribution in [0.25, 0.3) is 0 Å². The highest BCUT2D eigenvalue weighted by atomic mass is 32.2. The minimum Gasteiger partial charge on any atom is -0.479 e. The number of rotatable bonds is 6. The first-order valence-electron chi connectivity index (χ1n) is 8.13. The fourth-order valence-corrected chi connectivity index (χ4v) is 3.93. The van der Waals surface area contributed by atoms with Gasteiger partial charge in [0.25, 0.3) is 0 Å². The maximum absolute atomic E-state index is 12.2. The van der Waals surface area contributed by atoms with Crippen LogP contribution in [-0.4, -0.2) is 31.4 Å². The maximum atomic E-state index is 12.2. The van der Waals surface area contributed by atoms with Crippen molar-refractivity contribution in [2.24, 2.45) is 0 Å². The quantitative estimate of drug-likeness (QED) is 0.816. The van der Waals surface area contributed by atoms with E-state index >= 15 is 0 Å². The number of aliphatic hydroxyl groups is 1. The Morgan fingerprint density at radius 2 is 2.04 bits per heavy atom. The second kappa shape index (κ2) is 7.51. The van der Waals surface area contributed by atoms with Crippen LogP contribution in [0.15, 0.2) is 24.3 Å². The molecule has 1 aliphatic rings. The predicted molar refractivity (Wildman–Crippen MR) is 90.9 cm³/mol. The van der Waals surface area contributed by atoms with Crippen LogP contribution in [0.4, 0.5) is 0 Å². The largest absolute Gasteiger partial charge is 0.479 e. The number of hydrogen-bond donors (Lipinski definition) is 2. The summed E-state index contributed by atoms with van der Waals surface area (Å²) in [7, 11) is -3.47. The molecule has 0 heterocycles. The van der Waals surface area contributed by atoms with Gasteiger partial charge in [-0.3, -0.25) is 0 Å². The van der Waals surface area contributed by atoms with Crippen LogP contribution in [0.5, 0.6) is 5.75 Å². The molecule has 24 heavy (non-hydrogen) atoms. The van der Waals surface area contributed by atoms with Crippen molar-refractivity contribution in [3.05, 3.63) is 29.8 Å². The first kappa shape index (κ1) is 18.7. The third-order valence-electron chi connectivity index (χ3n) is 4.46. The highest BCUT2D eigenvalue weighted by molar-refractivity contribution is 7.90. The summed E-state index contributed by atoms with van der Waals surface area (Å²) in [5.41, 5.74) is -0.587. The zero-order valence-corrected chi connectivity index (χ0v) is 14.8. The third kappa shape index (κ3) is 4.07. The van der Waals surface area contributed by atoms with Crippen molar-refractivity contribution < 1.29 is 18.3 Å². The number of nitrogens with one attached hydrogen (secondary N) is 1. The van der Waals surface area contributed by atoms with Crippen molar-refractivity contribution in [2.75, 3.05) is 6.61 Å². The summed E-state index contributed by atoms with van der Waals surface area (Å²) in [4.78, 5) is 0. The highest BCUT2D eigenvalue weighted by Crippen LogP contribution is 2.38. The van der Waals surface area contributed by atoms with Crippen molar-refractivity contribution >= 4 is 10.0 Å². The van der Waals surface area contributed by atoms with Crippen LogP contribution in [0.1, 0.15) is 45.1 Å². The fraction of sp³-hybridized carbons (Fsp3) is 0.588. The standard InChI is InChI=1S/C17H24N2O4S/c1-13(2)24(21,22)19-16-5-3-4-10-17(16,20)14-6-8-15(9-7-14)23-12-11-18/h6-9,13,16,19-20H,3-5,10,12H2,1-2H3. The van der Waals surface area contributed by atoms with E-state index in [1.54, 1.807) is 38.1 Å². The lowest BCUT2D eigenvalue weighted by Gasteiger charge is -2.41. The van der Waals surface area contributed by atoms with Crippen LogP contribution in [0, 0.1) is 11.3 Å². The van der Waals surface area contributed by atoms with Gasteiger partial charge in [0.1, 0.15) is 17.4 Å². The fourth-order valence-electron chi connectivity index (χ4n) is 2.95. The summed E-state index contributed by atoms with van der Waals surface area (Å²) >= 11 is 0. The molecule has 0 spiro atoms. The molecule has 0 radical (unpaired) electrons. The van der Waals surface area contributed by atoms with E-state index in [9.17, 15) is 13.5 Å². The van der Waals surface area contributed by atoms with Gasteiger partial charge in [-0.25, -0.2) is 13.1 Å². The van der Waals surface area contributed by atoms with E-state index in [0.29, 0.717) is 24.2 Å². The number of ether oxygens (including phenoxy) is 1. The first-order valence-corrected chi connectivity index (χ1v) is 9.68. The van der Waals surface area contributed by atoms with Gasteiger partial charge in [-0.05, 0) is 44.4 Å². The van der Waals surface area contributed by atoms with Gasteiger partial charge in [-0.2, -0.15) is 5.26 Å². The average molecular weight is 352 g/mol. The van der Waals surface area contributed by atoms with Crippen molar-refractivity contribution in [3.8, 4) is 11.8 Å². The van der Waals surface area contributed by atoms with Crippen molar-refractivity contribution in [2.45, 2.75) is 56.4 Å². The van der Waals surface area contributed by atoms with E-state index in [2.05, 4.69) is 4.72 Å². The summed E-state index contributed by atoms with van der Waals surface area (Å²) in [6, 6.07) is 8.18. The van der Waals surface area contributed by atoms with Gasteiger partial charge in [0.05, 0.1) is 11.3 Å². The summed E-state index contributed by atoms with van der Waals surface area (Å²) in [5, 5.41) is 19.2. The van der Waals surface area contributed by atoms with Gasteiger partial charge in [0, 0.05) is 0 Å². The second-order valence-electron chi connectivity index (χ2n) is 6.41. The summed E-state index contributed by atoms with van der Waals surface area (Å²) in [5.74, 6) is 0.541. The average Bonchev–Trinajstić information content (AvgIpc) is 2.55. The lowest BCUT2D eigenvalue weighted by Crippen LogP contribution is -2.53. The Morgan fingerprint density at radius 1 is 1.38 bits per heavy atom. The molecule has 1 saturated carbocycles. The van der Waals surface area contributed by atoms with Crippen molar-refractivity contribution in [1.82, 2.24) is 4.72 Å². The molecule has 132 valence electrons. The van der Waals surface area contributed by atoms with Crippen LogP contribution in [-0.2, 0) is 15.6 Å². The molecule has 0 amide bonds. The Hall–Kier alpha value is -1.62. The molecule has 2 unspecified atom stereocenters. The summed E-state index contributed by atoms with van der Waals surface area (Å²) in [6.07, 6.45) is 2.80. The molecule has 2 rings (SSSR count). The van der Waals surface area contributed by atoms with Crippen molar-refractivity contribution in [1.29, 1.82) is 5.26 Å². The Labute approximate surface area is 143 Å². The molecular weight excluding hydrogens is 328 g/mol. The Morgan fingerprint density at radius 3 is 2.62 bits per heavy atom. The smallest absolute Gasteiger partial charge is 0.214 e. The molecule has 1 fully saturated rings. The summed E-state index contributed by atoms with van der Waals surface area (Å²) in [6.45, 7) is 3.19. The lowest BCUT2D eigenvalue weighted by molar-refractivity contribution is -0.0250. The minimum absolute atomic E-state index is 0.0412. The van der Waals surface area contributed by atoms with Gasteiger partial charge < -0.3 is 9.84 Å². The van der Waals surface area contributed by atoms with Gasteiger partial charge in [0.2, 0.25) is 10.0 Å². The van der Waals surface area contributed by atoms with Crippen LogP contribution in [0.2, 0.25) is 0 Å². The number of sulfonamides is 1. The summed E-state index contributed by atoms with van der Waals surface area (Å²) < 4.78 is 32.3. The zero-order chi connectivity index (χ0) is 17.8. The third-order valence-corrected chi connectivity index (χ3v) is 6.32. The molecule has 6 nitrogen and oxygen atoms in total. The van der Waals surface area contributed by atoms with E-state index < -0.39 is 26.9 Å². The number of nitrogens with zero attached hydrogens (tertiary/aromatic N) is 1. The number of nitriles is 1. The van der Waals surface area contributed by atoms with Crippen molar-refractivity contribution in [3.63, 3.8) is 0 Å². The lowest BCUT2D eigenvalue weighted by atomic mass is 9.76. The molecule has 1 aliphatic carbocycles. The SMILES string of the molecule is CC(C)S(=O)(=O)NC1CCCCC1(O)c1ccc(OCC#N)cc1. The van der Waals surface area contributed by atoms with Crippen LogP contribution in [0.3, 0.4) is 0 Å². The zero-order valence-electron chi connectivity index (χ0n) is 14.0. The molecular formula is C17H24N2O4S. The minimum atomic E-state index is -3.47. The molecule has 2 atom stereocenters. The second-order valence-corrected chi connectivity index (χ2v) is 8.67. The highest BCUT2D eigenvalue weighted by Gasteiger charge is 2.42. The maximum Gasteiger partial charge on any atom is 0.214 e. The van der Waals surface area contributed by atoms with E-state index in [-0.39, 0.29) is 6.61 Å². The first-order chi connectivity index (χ1) is 11.3. The molecule has 0 saturated heterocycles.